The van der Waals surface area contributed by atoms with Crippen LogP contribution in [0.3, 0.4) is 0 Å². The Morgan fingerprint density at radius 1 is 1.50 bits per heavy atom. The maximum atomic E-state index is 11.7. The van der Waals surface area contributed by atoms with Crippen LogP contribution in [0.15, 0.2) is 18.2 Å². The lowest BCUT2D eigenvalue weighted by Gasteiger charge is -2.04. The lowest BCUT2D eigenvalue weighted by Crippen LogP contribution is -2.12. The number of rotatable bonds is 2. The summed E-state index contributed by atoms with van der Waals surface area (Å²) >= 11 is 0.970. The number of phenolic OH excluding ortho intramolecular Hbond substituents is 1. The van der Waals surface area contributed by atoms with Crippen LogP contribution in [-0.4, -0.2) is 25.8 Å². The highest BCUT2D eigenvalue weighted by molar-refractivity contribution is 7.09. The van der Waals surface area contributed by atoms with Crippen molar-refractivity contribution >= 4 is 22.6 Å². The summed E-state index contributed by atoms with van der Waals surface area (Å²) in [5.74, 6) is -0.500. The number of amides is 1. The molecule has 2 N–H and O–H groups in total. The van der Waals surface area contributed by atoms with Gasteiger partial charge in [-0.1, -0.05) is 21.2 Å². The molecule has 0 bridgehead atoms. The van der Waals surface area contributed by atoms with Crippen LogP contribution in [0.5, 0.6) is 5.75 Å². The zero-order valence-corrected chi connectivity index (χ0v) is 9.15. The first-order valence-corrected chi connectivity index (χ1v) is 5.20. The first kappa shape index (κ1) is 10.5. The van der Waals surface area contributed by atoms with E-state index >= 15 is 0 Å². The van der Waals surface area contributed by atoms with Gasteiger partial charge >= 0.3 is 0 Å². The minimum Gasteiger partial charge on any atom is -0.507 e. The summed E-state index contributed by atoms with van der Waals surface area (Å²) in [5, 5.41) is 19.2. The first-order chi connectivity index (χ1) is 7.66. The lowest BCUT2D eigenvalue weighted by atomic mass is 10.1. The van der Waals surface area contributed by atoms with Crippen LogP contribution >= 0.6 is 11.5 Å². The highest BCUT2D eigenvalue weighted by atomic mass is 32.1. The monoisotopic (exact) mass is 236 g/mol. The average molecular weight is 236 g/mol. The molecule has 0 atom stereocenters. The molecule has 0 saturated carbocycles. The number of aromatic nitrogens is 3. The third-order valence-corrected chi connectivity index (χ3v) is 2.43. The summed E-state index contributed by atoms with van der Waals surface area (Å²) in [6, 6.07) is 4.79. The summed E-state index contributed by atoms with van der Waals surface area (Å²) in [6.07, 6.45) is 0. The summed E-state index contributed by atoms with van der Waals surface area (Å²) in [7, 11) is 0. The van der Waals surface area contributed by atoms with Crippen molar-refractivity contribution in [2.45, 2.75) is 6.92 Å². The molecule has 16 heavy (non-hydrogen) atoms. The number of benzene rings is 1. The number of carbonyl (C=O) groups excluding carboxylic acids is 1. The average Bonchev–Trinajstić information content (AvgIpc) is 2.74. The van der Waals surface area contributed by atoms with Crippen molar-refractivity contribution < 1.29 is 9.90 Å². The largest absolute Gasteiger partial charge is 0.507 e. The second-order valence-electron chi connectivity index (χ2n) is 3.14. The molecular weight excluding hydrogens is 228 g/mol. The van der Waals surface area contributed by atoms with Gasteiger partial charge in [0.1, 0.15) is 5.75 Å². The Labute approximate surface area is 95.1 Å². The van der Waals surface area contributed by atoms with Crippen LogP contribution in [0.4, 0.5) is 5.13 Å². The Kier molecular flexibility index (Phi) is 2.78. The standard InChI is InChI=1S/C9H8N4O2S/c1-5-2-3-7(14)6(4-5)8(15)10-9-11-12-13-16-9/h2-4,14H,1H3,(H,10,11,13,15). The predicted molar refractivity (Wildman–Crippen MR) is 58.5 cm³/mol. The Balaban J connectivity index is 2.24. The van der Waals surface area contributed by atoms with Crippen LogP contribution in [0.25, 0.3) is 0 Å². The molecule has 0 aliphatic carbocycles. The molecular formula is C9H8N4O2S. The summed E-state index contributed by atoms with van der Waals surface area (Å²) in [4.78, 5) is 11.7. The molecule has 0 spiro atoms. The minimum atomic E-state index is -0.431. The lowest BCUT2D eigenvalue weighted by molar-refractivity contribution is 0.102. The Morgan fingerprint density at radius 2 is 2.31 bits per heavy atom. The van der Waals surface area contributed by atoms with Crippen molar-refractivity contribution in [3.05, 3.63) is 29.3 Å². The first-order valence-electron chi connectivity index (χ1n) is 4.43. The molecule has 0 radical (unpaired) electrons. The van der Waals surface area contributed by atoms with Gasteiger partial charge in [-0.25, -0.2) is 0 Å². The Hall–Kier alpha value is -2.02. The molecule has 2 aromatic rings. The molecule has 7 heteroatoms. The summed E-state index contributed by atoms with van der Waals surface area (Å²) in [5.41, 5.74) is 1.09. The number of nitrogens with zero attached hydrogens (tertiary/aromatic N) is 3. The number of hydrogen-bond acceptors (Lipinski definition) is 6. The second-order valence-corrected chi connectivity index (χ2v) is 3.87. The number of aromatic hydroxyl groups is 1. The summed E-state index contributed by atoms with van der Waals surface area (Å²) in [6.45, 7) is 1.84. The normalized spacial score (nSPS) is 10.1. The van der Waals surface area contributed by atoms with E-state index in [9.17, 15) is 9.90 Å². The second kappa shape index (κ2) is 4.23. The van der Waals surface area contributed by atoms with E-state index < -0.39 is 5.91 Å². The van der Waals surface area contributed by atoms with Gasteiger partial charge in [0, 0.05) is 11.5 Å². The van der Waals surface area contributed by atoms with E-state index in [1.807, 2.05) is 6.92 Å². The van der Waals surface area contributed by atoms with Crippen molar-refractivity contribution in [3.63, 3.8) is 0 Å². The molecule has 0 aliphatic rings. The number of carbonyl (C=O) groups is 1. The molecule has 0 unspecified atom stereocenters. The van der Waals surface area contributed by atoms with Gasteiger partial charge in [-0.3, -0.25) is 10.1 Å². The molecule has 1 amide bonds. The van der Waals surface area contributed by atoms with Crippen molar-refractivity contribution in [1.29, 1.82) is 0 Å². The summed E-state index contributed by atoms with van der Waals surface area (Å²) < 4.78 is 3.51. The molecule has 0 saturated heterocycles. The van der Waals surface area contributed by atoms with E-state index in [-0.39, 0.29) is 11.3 Å². The van der Waals surface area contributed by atoms with Gasteiger partial charge in [-0.2, -0.15) is 0 Å². The molecule has 6 nitrogen and oxygen atoms in total. The number of hydrogen-bond donors (Lipinski definition) is 2. The van der Waals surface area contributed by atoms with E-state index in [0.29, 0.717) is 5.13 Å². The molecule has 0 aliphatic heterocycles. The molecule has 2 rings (SSSR count). The van der Waals surface area contributed by atoms with E-state index in [1.54, 1.807) is 12.1 Å². The smallest absolute Gasteiger partial charge is 0.261 e. The fraction of sp³-hybridized carbons (Fsp3) is 0.111. The van der Waals surface area contributed by atoms with Crippen molar-refractivity contribution in [2.24, 2.45) is 0 Å². The zero-order chi connectivity index (χ0) is 11.5. The van der Waals surface area contributed by atoms with Crippen LogP contribution in [0.1, 0.15) is 15.9 Å². The SMILES string of the molecule is Cc1ccc(O)c(C(=O)Nc2nnns2)c1. The number of aryl methyl sites for hydroxylation is 1. The van der Waals surface area contributed by atoms with Crippen molar-refractivity contribution in [1.82, 2.24) is 14.8 Å². The van der Waals surface area contributed by atoms with E-state index in [1.165, 1.54) is 6.07 Å². The number of nitrogens with one attached hydrogen (secondary N) is 1. The van der Waals surface area contributed by atoms with Crippen LogP contribution in [0, 0.1) is 6.92 Å². The fourth-order valence-corrected chi connectivity index (χ4v) is 1.54. The Morgan fingerprint density at radius 3 is 3.00 bits per heavy atom. The highest BCUT2D eigenvalue weighted by Gasteiger charge is 2.12. The quantitative estimate of drug-likeness (QED) is 0.818. The maximum Gasteiger partial charge on any atom is 0.261 e. The van der Waals surface area contributed by atoms with Crippen LogP contribution < -0.4 is 5.32 Å². The molecule has 1 heterocycles. The minimum absolute atomic E-state index is 0.0689. The third kappa shape index (κ3) is 2.14. The van der Waals surface area contributed by atoms with Crippen LogP contribution in [0.2, 0.25) is 0 Å². The molecule has 1 aromatic heterocycles. The Bertz CT molecular complexity index is 512. The number of phenols is 1. The fourth-order valence-electron chi connectivity index (χ4n) is 1.18. The third-order valence-electron chi connectivity index (χ3n) is 1.92. The zero-order valence-electron chi connectivity index (χ0n) is 8.34. The van der Waals surface area contributed by atoms with Gasteiger partial charge in [0.05, 0.1) is 5.56 Å². The highest BCUT2D eigenvalue weighted by Crippen LogP contribution is 2.19. The van der Waals surface area contributed by atoms with Gasteiger partial charge in [0.25, 0.3) is 5.91 Å². The molecule has 1 aromatic carbocycles. The van der Waals surface area contributed by atoms with Gasteiger partial charge in [0.15, 0.2) is 0 Å². The molecule has 82 valence electrons. The van der Waals surface area contributed by atoms with E-state index in [0.717, 1.165) is 17.1 Å². The van der Waals surface area contributed by atoms with Gasteiger partial charge in [-0.15, -0.1) is 0 Å². The van der Waals surface area contributed by atoms with Gasteiger partial charge < -0.3 is 5.11 Å². The van der Waals surface area contributed by atoms with Gasteiger partial charge in [0.2, 0.25) is 5.13 Å². The van der Waals surface area contributed by atoms with Crippen molar-refractivity contribution in [2.75, 3.05) is 5.32 Å². The topological polar surface area (TPSA) is 88.0 Å². The van der Waals surface area contributed by atoms with E-state index in [4.69, 9.17) is 0 Å². The maximum absolute atomic E-state index is 11.7. The van der Waals surface area contributed by atoms with Crippen molar-refractivity contribution in [3.8, 4) is 5.75 Å². The van der Waals surface area contributed by atoms with Crippen LogP contribution in [-0.2, 0) is 0 Å². The predicted octanol–water partition coefficient (Wildman–Crippen LogP) is 1.20. The van der Waals surface area contributed by atoms with Gasteiger partial charge in [-0.05, 0) is 24.3 Å². The molecule has 0 fully saturated rings. The number of anilines is 1. The van der Waals surface area contributed by atoms with E-state index in [2.05, 4.69) is 20.1 Å².